The maximum atomic E-state index is 12.1. The maximum Gasteiger partial charge on any atom is 0.227 e. The molecule has 1 aromatic carbocycles. The first kappa shape index (κ1) is 12.9. The molecule has 0 spiro atoms. The molecule has 0 bridgehead atoms. The van der Waals surface area contributed by atoms with E-state index in [2.05, 4.69) is 30.9 Å². The molecule has 0 unspecified atom stereocenters. The van der Waals surface area contributed by atoms with Crippen LogP contribution in [0.4, 0.5) is 11.4 Å². The van der Waals surface area contributed by atoms with Gasteiger partial charge in [0.15, 0.2) is 0 Å². The van der Waals surface area contributed by atoms with Gasteiger partial charge in [0.1, 0.15) is 0 Å². The summed E-state index contributed by atoms with van der Waals surface area (Å²) in [6.07, 6.45) is 1.54. The van der Waals surface area contributed by atoms with E-state index < -0.39 is 0 Å². The summed E-state index contributed by atoms with van der Waals surface area (Å²) in [5, 5.41) is 0. The Balaban J connectivity index is 2.33. The maximum absolute atomic E-state index is 12.1. The fourth-order valence-electron chi connectivity index (χ4n) is 2.53. The van der Waals surface area contributed by atoms with E-state index in [1.165, 1.54) is 5.69 Å². The third-order valence-electron chi connectivity index (χ3n) is 3.43. The average Bonchev–Trinajstić information content (AvgIpc) is 2.37. The topological polar surface area (TPSA) is 23.6 Å². The zero-order valence-corrected chi connectivity index (χ0v) is 11.5. The Morgan fingerprint density at radius 3 is 2.50 bits per heavy atom. The van der Waals surface area contributed by atoms with E-state index in [1.54, 1.807) is 0 Å². The average molecular weight is 246 g/mol. The quantitative estimate of drug-likeness (QED) is 0.818. The minimum Gasteiger partial charge on any atom is -0.366 e. The first-order valence-corrected chi connectivity index (χ1v) is 6.81. The lowest BCUT2D eigenvalue weighted by Gasteiger charge is -2.40. The molecule has 1 aliphatic rings. The number of hydrogen-bond donors (Lipinski definition) is 0. The molecule has 0 atom stereocenters. The van der Waals surface area contributed by atoms with Crippen molar-refractivity contribution in [1.29, 1.82) is 0 Å². The monoisotopic (exact) mass is 246 g/mol. The SMILES string of the molecule is CCCC(=O)N1CCN(C(C)C)c2ccccc21. The van der Waals surface area contributed by atoms with Crippen molar-refractivity contribution in [3.05, 3.63) is 24.3 Å². The van der Waals surface area contributed by atoms with Gasteiger partial charge in [0.2, 0.25) is 5.91 Å². The van der Waals surface area contributed by atoms with Crippen LogP contribution < -0.4 is 9.80 Å². The third kappa shape index (κ3) is 2.35. The normalized spacial score (nSPS) is 14.9. The van der Waals surface area contributed by atoms with Gasteiger partial charge in [-0.15, -0.1) is 0 Å². The second-order valence-electron chi connectivity index (χ2n) is 5.07. The summed E-state index contributed by atoms with van der Waals surface area (Å²) < 4.78 is 0. The van der Waals surface area contributed by atoms with Crippen LogP contribution in [-0.2, 0) is 4.79 Å². The lowest BCUT2D eigenvalue weighted by Crippen LogP contribution is -2.46. The highest BCUT2D eigenvalue weighted by atomic mass is 16.2. The van der Waals surface area contributed by atoms with Gasteiger partial charge in [0.25, 0.3) is 0 Å². The van der Waals surface area contributed by atoms with E-state index in [0.717, 1.165) is 25.2 Å². The van der Waals surface area contributed by atoms with Gasteiger partial charge in [0, 0.05) is 25.6 Å². The molecule has 0 radical (unpaired) electrons. The predicted octanol–water partition coefficient (Wildman–Crippen LogP) is 3.05. The van der Waals surface area contributed by atoms with E-state index >= 15 is 0 Å². The molecular weight excluding hydrogens is 224 g/mol. The second kappa shape index (κ2) is 5.42. The molecule has 1 aromatic rings. The van der Waals surface area contributed by atoms with E-state index in [-0.39, 0.29) is 5.91 Å². The van der Waals surface area contributed by atoms with Crippen molar-refractivity contribution >= 4 is 17.3 Å². The molecule has 3 nitrogen and oxygen atoms in total. The van der Waals surface area contributed by atoms with E-state index in [0.29, 0.717) is 12.5 Å². The first-order chi connectivity index (χ1) is 8.65. The van der Waals surface area contributed by atoms with Crippen LogP contribution in [0.5, 0.6) is 0 Å². The Bertz CT molecular complexity index is 428. The Kier molecular flexibility index (Phi) is 3.90. The number of nitrogens with zero attached hydrogens (tertiary/aromatic N) is 2. The number of carbonyl (C=O) groups excluding carboxylic acids is 1. The molecule has 0 saturated carbocycles. The second-order valence-corrected chi connectivity index (χ2v) is 5.07. The van der Waals surface area contributed by atoms with Crippen molar-refractivity contribution < 1.29 is 4.79 Å². The standard InChI is InChI=1S/C15H22N2O/c1-4-7-15(18)17-11-10-16(12(2)3)13-8-5-6-9-14(13)17/h5-6,8-9,12H,4,7,10-11H2,1-3H3. The molecule has 3 heteroatoms. The minimum atomic E-state index is 0.244. The van der Waals surface area contributed by atoms with Crippen LogP contribution in [0.25, 0.3) is 0 Å². The summed E-state index contributed by atoms with van der Waals surface area (Å²) >= 11 is 0. The highest BCUT2D eigenvalue weighted by molar-refractivity contribution is 5.97. The molecular formula is C15H22N2O. The van der Waals surface area contributed by atoms with Gasteiger partial charge >= 0.3 is 0 Å². The Labute approximate surface area is 109 Å². The zero-order chi connectivity index (χ0) is 13.1. The molecule has 1 heterocycles. The van der Waals surface area contributed by atoms with Gasteiger partial charge in [-0.3, -0.25) is 4.79 Å². The summed E-state index contributed by atoms with van der Waals surface area (Å²) in [5.74, 6) is 0.244. The van der Waals surface area contributed by atoms with E-state index in [4.69, 9.17) is 0 Å². The van der Waals surface area contributed by atoms with Gasteiger partial charge < -0.3 is 9.80 Å². The fraction of sp³-hybridized carbons (Fsp3) is 0.533. The Hall–Kier alpha value is -1.51. The van der Waals surface area contributed by atoms with Crippen molar-refractivity contribution in [3.8, 4) is 0 Å². The van der Waals surface area contributed by atoms with E-state index in [1.807, 2.05) is 24.0 Å². The third-order valence-corrected chi connectivity index (χ3v) is 3.43. The highest BCUT2D eigenvalue weighted by Crippen LogP contribution is 2.34. The lowest BCUT2D eigenvalue weighted by molar-refractivity contribution is -0.118. The number of rotatable bonds is 3. The molecule has 18 heavy (non-hydrogen) atoms. The van der Waals surface area contributed by atoms with Crippen LogP contribution in [0.3, 0.4) is 0 Å². The number of anilines is 2. The summed E-state index contributed by atoms with van der Waals surface area (Å²) in [7, 11) is 0. The summed E-state index contributed by atoms with van der Waals surface area (Å²) in [5.41, 5.74) is 2.25. The summed E-state index contributed by atoms with van der Waals surface area (Å²) in [4.78, 5) is 16.5. The summed E-state index contributed by atoms with van der Waals surface area (Å²) in [6, 6.07) is 8.68. The summed E-state index contributed by atoms with van der Waals surface area (Å²) in [6.45, 7) is 8.16. The molecule has 1 aliphatic heterocycles. The van der Waals surface area contributed by atoms with Crippen LogP contribution >= 0.6 is 0 Å². The molecule has 0 fully saturated rings. The van der Waals surface area contributed by atoms with E-state index in [9.17, 15) is 4.79 Å². The van der Waals surface area contributed by atoms with Crippen LogP contribution in [-0.4, -0.2) is 25.0 Å². The van der Waals surface area contributed by atoms with Crippen molar-refractivity contribution in [1.82, 2.24) is 0 Å². The molecule has 0 aliphatic carbocycles. The van der Waals surface area contributed by atoms with Crippen LogP contribution in [0.1, 0.15) is 33.6 Å². The zero-order valence-electron chi connectivity index (χ0n) is 11.5. The molecule has 98 valence electrons. The Morgan fingerprint density at radius 1 is 1.22 bits per heavy atom. The number of amides is 1. The van der Waals surface area contributed by atoms with Crippen molar-refractivity contribution in [2.24, 2.45) is 0 Å². The van der Waals surface area contributed by atoms with Gasteiger partial charge in [-0.05, 0) is 32.4 Å². The fourth-order valence-corrected chi connectivity index (χ4v) is 2.53. The molecule has 0 saturated heterocycles. The van der Waals surface area contributed by atoms with Crippen molar-refractivity contribution in [2.45, 2.75) is 39.7 Å². The lowest BCUT2D eigenvalue weighted by atomic mass is 10.1. The largest absolute Gasteiger partial charge is 0.366 e. The molecule has 2 rings (SSSR count). The molecule has 0 N–H and O–H groups in total. The van der Waals surface area contributed by atoms with Crippen LogP contribution in [0.2, 0.25) is 0 Å². The molecule has 0 aromatic heterocycles. The van der Waals surface area contributed by atoms with Gasteiger partial charge in [-0.2, -0.15) is 0 Å². The Morgan fingerprint density at radius 2 is 1.89 bits per heavy atom. The van der Waals surface area contributed by atoms with Crippen LogP contribution in [0, 0.1) is 0 Å². The van der Waals surface area contributed by atoms with Crippen molar-refractivity contribution in [3.63, 3.8) is 0 Å². The highest BCUT2D eigenvalue weighted by Gasteiger charge is 2.26. The number of fused-ring (bicyclic) bond motifs is 1. The van der Waals surface area contributed by atoms with Crippen molar-refractivity contribution in [2.75, 3.05) is 22.9 Å². The van der Waals surface area contributed by atoms with Gasteiger partial charge in [-0.1, -0.05) is 19.1 Å². The predicted molar refractivity (Wildman–Crippen MR) is 76.2 cm³/mol. The minimum absolute atomic E-state index is 0.244. The van der Waals surface area contributed by atoms with Gasteiger partial charge in [0.05, 0.1) is 11.4 Å². The number of benzene rings is 1. The number of carbonyl (C=O) groups is 1. The first-order valence-electron chi connectivity index (χ1n) is 6.81. The van der Waals surface area contributed by atoms with Crippen LogP contribution in [0.15, 0.2) is 24.3 Å². The number of para-hydroxylation sites is 2. The molecule has 1 amide bonds. The number of hydrogen-bond acceptors (Lipinski definition) is 2. The smallest absolute Gasteiger partial charge is 0.227 e. The van der Waals surface area contributed by atoms with Gasteiger partial charge in [-0.25, -0.2) is 0 Å².